The number of aryl methyl sites for hydroxylation is 2. The van der Waals surface area contributed by atoms with Crippen molar-refractivity contribution in [2.24, 2.45) is 0 Å². The maximum atomic E-state index is 12.6. The number of nitrogens with one attached hydrogen (secondary N) is 1. The molecule has 2 aromatic heterocycles. The summed E-state index contributed by atoms with van der Waals surface area (Å²) in [7, 11) is 0. The third-order valence-corrected chi connectivity index (χ3v) is 5.45. The van der Waals surface area contributed by atoms with Crippen LogP contribution in [-0.2, 0) is 6.54 Å². The molecule has 26 heavy (non-hydrogen) atoms. The fourth-order valence-electron chi connectivity index (χ4n) is 2.56. The van der Waals surface area contributed by atoms with Crippen molar-refractivity contribution in [3.8, 4) is 0 Å². The summed E-state index contributed by atoms with van der Waals surface area (Å²) in [5.41, 5.74) is 0.554. The second kappa shape index (κ2) is 6.89. The monoisotopic (exact) mass is 391 g/mol. The number of nitrogens with zero attached hydrogens (tertiary/aromatic N) is 2. The van der Waals surface area contributed by atoms with Crippen molar-refractivity contribution in [2.45, 2.75) is 20.4 Å². The molecule has 0 unspecified atom stereocenters. The Morgan fingerprint density at radius 1 is 1.38 bits per heavy atom. The first-order valence-corrected chi connectivity index (χ1v) is 8.85. The quantitative estimate of drug-likeness (QED) is 0.709. The van der Waals surface area contributed by atoms with Gasteiger partial charge in [0.15, 0.2) is 0 Å². The fraction of sp³-hybridized carbons (Fsp3) is 0.176. The molecule has 0 aliphatic heterocycles. The molecule has 0 aliphatic carbocycles. The van der Waals surface area contributed by atoms with E-state index in [-0.39, 0.29) is 16.1 Å². The number of amides is 1. The Morgan fingerprint density at radius 3 is 2.77 bits per heavy atom. The summed E-state index contributed by atoms with van der Waals surface area (Å²) in [6.45, 7) is 4.02. The number of aromatic nitrogens is 2. The first-order chi connectivity index (χ1) is 12.3. The Balaban J connectivity index is 2.00. The lowest BCUT2D eigenvalue weighted by atomic mass is 10.2. The van der Waals surface area contributed by atoms with Gasteiger partial charge >= 0.3 is 5.97 Å². The van der Waals surface area contributed by atoms with E-state index in [0.717, 1.165) is 11.3 Å². The van der Waals surface area contributed by atoms with Crippen LogP contribution in [0.15, 0.2) is 29.3 Å². The Bertz CT molecular complexity index is 1100. The molecule has 1 aromatic carbocycles. The summed E-state index contributed by atoms with van der Waals surface area (Å²) in [6, 6.07) is 4.20. The summed E-state index contributed by atoms with van der Waals surface area (Å²) < 4.78 is 1.47. The zero-order chi connectivity index (χ0) is 19.0. The molecule has 0 aliphatic rings. The van der Waals surface area contributed by atoms with Gasteiger partial charge in [-0.25, -0.2) is 9.78 Å². The second-order valence-corrected chi connectivity index (χ2v) is 6.93. The lowest BCUT2D eigenvalue weighted by Crippen LogP contribution is -2.19. The van der Waals surface area contributed by atoms with Gasteiger partial charge in [0.25, 0.3) is 11.5 Å². The molecule has 0 fully saturated rings. The molecule has 0 radical (unpaired) electrons. The van der Waals surface area contributed by atoms with Crippen molar-refractivity contribution in [1.29, 1.82) is 0 Å². The maximum Gasteiger partial charge on any atom is 0.337 e. The van der Waals surface area contributed by atoms with Crippen LogP contribution in [0.5, 0.6) is 0 Å². The Morgan fingerprint density at radius 2 is 2.12 bits per heavy atom. The molecule has 3 aromatic rings. The summed E-state index contributed by atoms with van der Waals surface area (Å²) >= 11 is 6.95. The molecule has 2 heterocycles. The van der Waals surface area contributed by atoms with Gasteiger partial charge < -0.3 is 10.4 Å². The van der Waals surface area contributed by atoms with Gasteiger partial charge in [-0.3, -0.25) is 14.2 Å². The van der Waals surface area contributed by atoms with Crippen LogP contribution in [0.3, 0.4) is 0 Å². The van der Waals surface area contributed by atoms with Gasteiger partial charge in [-0.1, -0.05) is 11.6 Å². The van der Waals surface area contributed by atoms with Gasteiger partial charge in [0.1, 0.15) is 4.83 Å². The topological polar surface area (TPSA) is 101 Å². The third-order valence-electron chi connectivity index (χ3n) is 3.92. The van der Waals surface area contributed by atoms with Gasteiger partial charge in [0, 0.05) is 12.2 Å². The highest BCUT2D eigenvalue weighted by molar-refractivity contribution is 7.20. The van der Waals surface area contributed by atoms with Gasteiger partial charge in [0.2, 0.25) is 0 Å². The molecule has 2 N–H and O–H groups in total. The number of thiophene rings is 1. The fourth-order valence-corrected chi connectivity index (χ4v) is 3.79. The van der Waals surface area contributed by atoms with Crippen molar-refractivity contribution >= 4 is 50.7 Å². The Labute approximate surface area is 156 Å². The van der Waals surface area contributed by atoms with Crippen LogP contribution in [0.1, 0.15) is 32.5 Å². The van der Waals surface area contributed by atoms with E-state index in [0.29, 0.717) is 32.9 Å². The molecule has 0 saturated carbocycles. The average molecular weight is 392 g/mol. The number of carbonyl (C=O) groups excluding carboxylic acids is 1. The van der Waals surface area contributed by atoms with Crippen molar-refractivity contribution < 1.29 is 14.7 Å². The van der Waals surface area contributed by atoms with Crippen molar-refractivity contribution in [2.75, 3.05) is 5.32 Å². The number of rotatable bonds is 4. The predicted octanol–water partition coefficient (Wildman–Crippen LogP) is 3.39. The van der Waals surface area contributed by atoms with E-state index in [2.05, 4.69) is 10.3 Å². The number of aromatic carboxylic acids is 1. The molecule has 0 saturated heterocycles. The molecule has 1 amide bonds. The summed E-state index contributed by atoms with van der Waals surface area (Å²) in [5, 5.41) is 12.3. The lowest BCUT2D eigenvalue weighted by molar-refractivity contribution is 0.0696. The zero-order valence-corrected chi connectivity index (χ0v) is 15.4. The third kappa shape index (κ3) is 3.09. The van der Waals surface area contributed by atoms with E-state index in [1.165, 1.54) is 29.1 Å². The SMILES string of the molecule is CCn1cnc2sc(C(=O)Nc3ccc(Cl)c(C(=O)O)c3)c(C)c2c1=O. The molecule has 0 atom stereocenters. The summed E-state index contributed by atoms with van der Waals surface area (Å²) in [6.07, 6.45) is 1.46. The average Bonchev–Trinajstić information content (AvgIpc) is 2.94. The number of carbonyl (C=O) groups is 2. The predicted molar refractivity (Wildman–Crippen MR) is 101 cm³/mol. The van der Waals surface area contributed by atoms with Gasteiger partial charge in [-0.05, 0) is 37.6 Å². The minimum atomic E-state index is -1.19. The highest BCUT2D eigenvalue weighted by Crippen LogP contribution is 2.28. The van der Waals surface area contributed by atoms with E-state index >= 15 is 0 Å². The van der Waals surface area contributed by atoms with Gasteiger partial charge in [0.05, 0.1) is 27.2 Å². The van der Waals surface area contributed by atoms with Crippen molar-refractivity contribution in [1.82, 2.24) is 9.55 Å². The molecule has 9 heteroatoms. The van der Waals surface area contributed by atoms with Crippen LogP contribution in [0.2, 0.25) is 5.02 Å². The zero-order valence-electron chi connectivity index (χ0n) is 13.9. The largest absolute Gasteiger partial charge is 0.478 e. The highest BCUT2D eigenvalue weighted by atomic mass is 35.5. The van der Waals surface area contributed by atoms with Crippen LogP contribution in [-0.4, -0.2) is 26.5 Å². The van der Waals surface area contributed by atoms with E-state index in [9.17, 15) is 14.4 Å². The number of fused-ring (bicyclic) bond motifs is 1. The Kier molecular flexibility index (Phi) is 4.80. The number of anilines is 1. The smallest absolute Gasteiger partial charge is 0.337 e. The number of carboxylic acids is 1. The van der Waals surface area contributed by atoms with Crippen LogP contribution < -0.4 is 10.9 Å². The van der Waals surface area contributed by atoms with Crippen LogP contribution in [0.25, 0.3) is 10.2 Å². The standard InChI is InChI=1S/C17H14ClN3O4S/c1-3-21-7-19-15-12(16(21)23)8(2)13(26-15)14(22)20-9-4-5-11(18)10(6-9)17(24)25/h4-7H,3H2,1-2H3,(H,20,22)(H,24,25). The number of benzene rings is 1. The molecule has 0 bridgehead atoms. The van der Waals surface area contributed by atoms with Crippen molar-refractivity contribution in [3.63, 3.8) is 0 Å². The number of hydrogen-bond donors (Lipinski definition) is 2. The van der Waals surface area contributed by atoms with Crippen LogP contribution in [0, 0.1) is 6.92 Å². The molecular formula is C17H14ClN3O4S. The molecule has 3 rings (SSSR count). The summed E-state index contributed by atoms with van der Waals surface area (Å²) in [4.78, 5) is 41.3. The molecular weight excluding hydrogens is 378 g/mol. The number of hydrogen-bond acceptors (Lipinski definition) is 5. The van der Waals surface area contributed by atoms with Gasteiger partial charge in [-0.2, -0.15) is 0 Å². The molecule has 134 valence electrons. The van der Waals surface area contributed by atoms with E-state index in [1.807, 2.05) is 6.92 Å². The van der Waals surface area contributed by atoms with E-state index in [4.69, 9.17) is 16.7 Å². The van der Waals surface area contributed by atoms with Crippen LogP contribution >= 0.6 is 22.9 Å². The second-order valence-electron chi connectivity index (χ2n) is 5.53. The highest BCUT2D eigenvalue weighted by Gasteiger charge is 2.20. The normalized spacial score (nSPS) is 10.9. The molecule has 0 spiro atoms. The van der Waals surface area contributed by atoms with E-state index in [1.54, 1.807) is 6.92 Å². The van der Waals surface area contributed by atoms with E-state index < -0.39 is 11.9 Å². The number of carboxylic acid groups (broad SMARTS) is 1. The number of halogens is 1. The van der Waals surface area contributed by atoms with Crippen molar-refractivity contribution in [3.05, 3.63) is 55.9 Å². The first kappa shape index (κ1) is 18.1. The first-order valence-electron chi connectivity index (χ1n) is 7.66. The Hall–Kier alpha value is -2.71. The van der Waals surface area contributed by atoms with Gasteiger partial charge in [-0.15, -0.1) is 11.3 Å². The summed E-state index contributed by atoms with van der Waals surface area (Å²) in [5.74, 6) is -1.62. The van der Waals surface area contributed by atoms with Crippen LogP contribution in [0.4, 0.5) is 5.69 Å². The lowest BCUT2D eigenvalue weighted by Gasteiger charge is -2.06. The minimum Gasteiger partial charge on any atom is -0.478 e. The maximum absolute atomic E-state index is 12.6. The molecule has 7 nitrogen and oxygen atoms in total. The minimum absolute atomic E-state index is 0.0814.